The second kappa shape index (κ2) is 5.40. The lowest BCUT2D eigenvalue weighted by Crippen LogP contribution is -2.14. The van der Waals surface area contributed by atoms with Gasteiger partial charge in [-0.1, -0.05) is 12.1 Å². The minimum atomic E-state index is -0.568. The van der Waals surface area contributed by atoms with E-state index in [9.17, 15) is 14.9 Å². The molecule has 102 valence electrons. The Hall–Kier alpha value is -2.89. The number of aromatic hydroxyl groups is 1. The van der Waals surface area contributed by atoms with Gasteiger partial charge in [0.15, 0.2) is 0 Å². The Morgan fingerprint density at radius 1 is 1.20 bits per heavy atom. The van der Waals surface area contributed by atoms with Crippen LogP contribution in [0.2, 0.25) is 0 Å². The molecule has 0 saturated heterocycles. The van der Waals surface area contributed by atoms with E-state index in [1.165, 1.54) is 30.3 Å². The molecule has 0 aliphatic rings. The van der Waals surface area contributed by atoms with Crippen LogP contribution in [0, 0.1) is 17.0 Å². The maximum atomic E-state index is 12.1. The van der Waals surface area contributed by atoms with Crippen LogP contribution in [0.3, 0.4) is 0 Å². The number of nitrogens with zero attached hydrogens (tertiary/aromatic N) is 1. The summed E-state index contributed by atoms with van der Waals surface area (Å²) in [6, 6.07) is 10.4. The predicted molar refractivity (Wildman–Crippen MR) is 73.9 cm³/mol. The van der Waals surface area contributed by atoms with Crippen molar-refractivity contribution >= 4 is 17.3 Å². The van der Waals surface area contributed by atoms with Gasteiger partial charge in [-0.3, -0.25) is 14.9 Å². The summed E-state index contributed by atoms with van der Waals surface area (Å²) in [5.74, 6) is -0.490. The molecule has 20 heavy (non-hydrogen) atoms. The fourth-order valence-electron chi connectivity index (χ4n) is 1.83. The molecule has 0 aliphatic heterocycles. The van der Waals surface area contributed by atoms with E-state index in [1.54, 1.807) is 19.1 Å². The summed E-state index contributed by atoms with van der Waals surface area (Å²) in [5, 5.41) is 22.7. The predicted octanol–water partition coefficient (Wildman–Crippen LogP) is 2.86. The van der Waals surface area contributed by atoms with E-state index >= 15 is 0 Å². The molecule has 6 nitrogen and oxygen atoms in total. The number of carbonyl (C=O) groups is 1. The van der Waals surface area contributed by atoms with Crippen molar-refractivity contribution in [1.29, 1.82) is 0 Å². The van der Waals surface area contributed by atoms with Crippen LogP contribution in [0.1, 0.15) is 15.9 Å². The number of hydrogen-bond acceptors (Lipinski definition) is 4. The quantitative estimate of drug-likeness (QED) is 0.510. The highest BCUT2D eigenvalue weighted by Gasteiger charge is 2.22. The van der Waals surface area contributed by atoms with E-state index < -0.39 is 10.8 Å². The summed E-state index contributed by atoms with van der Waals surface area (Å²) in [6.07, 6.45) is 0. The molecule has 0 aromatic heterocycles. The molecule has 0 spiro atoms. The number of benzene rings is 2. The Morgan fingerprint density at radius 2 is 1.85 bits per heavy atom. The molecule has 0 aliphatic carbocycles. The van der Waals surface area contributed by atoms with Crippen molar-refractivity contribution in [3.05, 3.63) is 63.7 Å². The molecule has 2 aromatic carbocycles. The number of aryl methyl sites for hydroxylation is 1. The number of anilines is 1. The van der Waals surface area contributed by atoms with Crippen LogP contribution in [0.25, 0.3) is 0 Å². The molecule has 2 aromatic rings. The van der Waals surface area contributed by atoms with Gasteiger partial charge in [0.05, 0.1) is 4.92 Å². The van der Waals surface area contributed by atoms with E-state index in [1.807, 2.05) is 0 Å². The Kier molecular flexibility index (Phi) is 3.65. The summed E-state index contributed by atoms with van der Waals surface area (Å²) in [6.45, 7) is 1.58. The lowest BCUT2D eigenvalue weighted by molar-refractivity contribution is -0.385. The first kappa shape index (κ1) is 13.5. The largest absolute Gasteiger partial charge is 0.508 e. The van der Waals surface area contributed by atoms with Gasteiger partial charge in [0.25, 0.3) is 11.6 Å². The SMILES string of the molecule is Cc1cccc(C(=O)Nc2ccc(O)cc2)c1[N+](=O)[O-]. The molecule has 0 bridgehead atoms. The van der Waals surface area contributed by atoms with Crippen molar-refractivity contribution < 1.29 is 14.8 Å². The van der Waals surface area contributed by atoms with Crippen molar-refractivity contribution in [3.8, 4) is 5.75 Å². The fourth-order valence-corrected chi connectivity index (χ4v) is 1.83. The zero-order valence-corrected chi connectivity index (χ0v) is 10.7. The second-order valence-corrected chi connectivity index (χ2v) is 4.23. The highest BCUT2D eigenvalue weighted by Crippen LogP contribution is 2.24. The van der Waals surface area contributed by atoms with Crippen LogP contribution >= 0.6 is 0 Å². The lowest BCUT2D eigenvalue weighted by Gasteiger charge is -2.07. The molecular weight excluding hydrogens is 260 g/mol. The van der Waals surface area contributed by atoms with Gasteiger partial charge < -0.3 is 10.4 Å². The van der Waals surface area contributed by atoms with Crippen LogP contribution in [0.15, 0.2) is 42.5 Å². The normalized spacial score (nSPS) is 10.1. The molecule has 2 N–H and O–H groups in total. The number of carbonyl (C=O) groups excluding carboxylic acids is 1. The van der Waals surface area contributed by atoms with E-state index in [4.69, 9.17) is 5.11 Å². The van der Waals surface area contributed by atoms with Crippen LogP contribution in [-0.4, -0.2) is 15.9 Å². The number of nitrogens with one attached hydrogen (secondary N) is 1. The summed E-state index contributed by atoms with van der Waals surface area (Å²) in [7, 11) is 0. The van der Waals surface area contributed by atoms with Crippen LogP contribution in [-0.2, 0) is 0 Å². The van der Waals surface area contributed by atoms with E-state index in [0.717, 1.165) is 0 Å². The first-order chi connectivity index (χ1) is 9.49. The standard InChI is InChI=1S/C14H12N2O4/c1-9-3-2-4-12(13(9)16(19)20)14(18)15-10-5-7-11(17)8-6-10/h2-8,17H,1H3,(H,15,18). The Balaban J connectivity index is 2.32. The van der Waals surface area contributed by atoms with Gasteiger partial charge in [0.2, 0.25) is 0 Å². The summed E-state index contributed by atoms with van der Waals surface area (Å²) in [5.41, 5.74) is 0.670. The highest BCUT2D eigenvalue weighted by molar-refractivity contribution is 6.07. The molecule has 0 heterocycles. The number of nitro benzene ring substituents is 1. The van der Waals surface area contributed by atoms with Crippen LogP contribution in [0.4, 0.5) is 11.4 Å². The van der Waals surface area contributed by atoms with Crippen LogP contribution < -0.4 is 5.32 Å². The summed E-state index contributed by atoms with van der Waals surface area (Å²) >= 11 is 0. The third-order valence-electron chi connectivity index (χ3n) is 2.79. The third kappa shape index (κ3) is 2.74. The molecule has 0 radical (unpaired) electrons. The van der Waals surface area contributed by atoms with E-state index in [-0.39, 0.29) is 17.0 Å². The maximum absolute atomic E-state index is 12.1. The fraction of sp³-hybridized carbons (Fsp3) is 0.0714. The summed E-state index contributed by atoms with van der Waals surface area (Å²) in [4.78, 5) is 22.6. The maximum Gasteiger partial charge on any atom is 0.285 e. The average molecular weight is 272 g/mol. The van der Waals surface area contributed by atoms with Gasteiger partial charge in [-0.2, -0.15) is 0 Å². The van der Waals surface area contributed by atoms with Crippen molar-refractivity contribution in [3.63, 3.8) is 0 Å². The smallest absolute Gasteiger partial charge is 0.285 e. The highest BCUT2D eigenvalue weighted by atomic mass is 16.6. The third-order valence-corrected chi connectivity index (χ3v) is 2.79. The Bertz CT molecular complexity index is 665. The van der Waals surface area contributed by atoms with Crippen molar-refractivity contribution in [1.82, 2.24) is 0 Å². The molecule has 0 atom stereocenters. The number of hydrogen-bond donors (Lipinski definition) is 2. The van der Waals surface area contributed by atoms with Crippen molar-refractivity contribution in [2.75, 3.05) is 5.32 Å². The molecule has 1 amide bonds. The zero-order valence-electron chi connectivity index (χ0n) is 10.7. The lowest BCUT2D eigenvalue weighted by atomic mass is 10.1. The molecule has 6 heteroatoms. The summed E-state index contributed by atoms with van der Waals surface area (Å²) < 4.78 is 0. The van der Waals surface area contributed by atoms with Crippen LogP contribution in [0.5, 0.6) is 5.75 Å². The first-order valence-corrected chi connectivity index (χ1v) is 5.83. The van der Waals surface area contributed by atoms with Gasteiger partial charge in [-0.15, -0.1) is 0 Å². The minimum absolute atomic E-state index is 0.00285. The molecule has 2 rings (SSSR count). The van der Waals surface area contributed by atoms with Gasteiger partial charge in [-0.25, -0.2) is 0 Å². The van der Waals surface area contributed by atoms with Gasteiger partial charge in [0, 0.05) is 11.3 Å². The molecular formula is C14H12N2O4. The number of para-hydroxylation sites is 1. The number of phenolic OH excluding ortho intramolecular Hbond substituents is 1. The topological polar surface area (TPSA) is 92.5 Å². The zero-order chi connectivity index (χ0) is 14.7. The minimum Gasteiger partial charge on any atom is -0.508 e. The Labute approximate surface area is 114 Å². The van der Waals surface area contributed by atoms with Gasteiger partial charge in [0.1, 0.15) is 11.3 Å². The molecule has 0 unspecified atom stereocenters. The van der Waals surface area contributed by atoms with Gasteiger partial charge >= 0.3 is 0 Å². The Morgan fingerprint density at radius 3 is 2.45 bits per heavy atom. The second-order valence-electron chi connectivity index (χ2n) is 4.23. The van der Waals surface area contributed by atoms with E-state index in [2.05, 4.69) is 5.32 Å². The number of phenols is 1. The average Bonchev–Trinajstić information content (AvgIpc) is 2.40. The van der Waals surface area contributed by atoms with E-state index in [0.29, 0.717) is 11.3 Å². The number of nitro groups is 1. The first-order valence-electron chi connectivity index (χ1n) is 5.83. The molecule has 0 saturated carbocycles. The number of rotatable bonds is 3. The molecule has 0 fully saturated rings. The number of amides is 1. The van der Waals surface area contributed by atoms with Crippen molar-refractivity contribution in [2.45, 2.75) is 6.92 Å². The van der Waals surface area contributed by atoms with Crippen molar-refractivity contribution in [2.24, 2.45) is 0 Å². The monoisotopic (exact) mass is 272 g/mol. The van der Waals surface area contributed by atoms with Gasteiger partial charge in [-0.05, 0) is 37.3 Å².